The van der Waals surface area contributed by atoms with Crippen LogP contribution in [0.2, 0.25) is 0 Å². The van der Waals surface area contributed by atoms with Crippen LogP contribution in [-0.2, 0) is 0 Å². The summed E-state index contributed by atoms with van der Waals surface area (Å²) < 4.78 is 4.62. The molecule has 0 radical (unpaired) electrons. The molecule has 0 aliphatic rings. The molecule has 0 amide bonds. The third-order valence-electron chi connectivity index (χ3n) is 11.1. The Morgan fingerprint density at radius 2 is 0.683 bits per heavy atom. The predicted octanol–water partition coefficient (Wildman–Crippen LogP) is 13.1. The topological polar surface area (TPSA) is 74.3 Å². The summed E-state index contributed by atoms with van der Waals surface area (Å²) in [6.07, 6.45) is 0. The number of imidazole rings is 2. The van der Waals surface area contributed by atoms with Crippen molar-refractivity contribution in [2.75, 3.05) is 0 Å². The first-order chi connectivity index (χ1) is 29.4. The molecule has 7 aromatic carbocycles. The monoisotopic (exact) mass is 777 g/mol. The van der Waals surface area contributed by atoms with Gasteiger partial charge >= 0.3 is 0 Å². The van der Waals surface area contributed by atoms with Crippen LogP contribution in [0.4, 0.5) is 0 Å². The van der Waals surface area contributed by atoms with Crippen LogP contribution in [0.5, 0.6) is 0 Å². The lowest BCUT2D eigenvalue weighted by atomic mass is 9.99. The molecule has 0 atom stereocenters. The summed E-state index contributed by atoms with van der Waals surface area (Å²) in [4.78, 5) is 26.3. The molecule has 3 heterocycles. The van der Waals surface area contributed by atoms with E-state index in [0.29, 0.717) is 17.5 Å². The number of hydrogen-bond donors (Lipinski definition) is 0. The quantitative estimate of drug-likeness (QED) is 0.146. The van der Waals surface area contributed by atoms with Crippen molar-refractivity contribution in [1.29, 1.82) is 0 Å². The zero-order valence-corrected chi connectivity index (χ0v) is 34.0. The fraction of sp³-hybridized carbons (Fsp3) is 0.113. The van der Waals surface area contributed by atoms with Crippen molar-refractivity contribution in [2.24, 2.45) is 0 Å². The highest BCUT2D eigenvalue weighted by atomic mass is 15.1. The summed E-state index contributed by atoms with van der Waals surface area (Å²) in [5.41, 5.74) is 13.0. The Kier molecular flexibility index (Phi) is 9.41. The SMILES string of the molecule is CC(C)c1ccccc1-n1c(-c2cc(-c3nc(-c4ccccc4)nc(-c4ccccc4)n3)cc(-c3nc4ccccc4n3-c3ccccc3C(C)C)c2)nc2ccccc21. The van der Waals surface area contributed by atoms with Gasteiger partial charge in [-0.3, -0.25) is 9.13 Å². The maximum atomic E-state index is 5.40. The highest BCUT2D eigenvalue weighted by molar-refractivity contribution is 5.89. The number of fused-ring (bicyclic) bond motifs is 2. The van der Waals surface area contributed by atoms with Crippen LogP contribution >= 0.6 is 0 Å². The molecular formula is C53H43N7. The molecule has 0 saturated carbocycles. The van der Waals surface area contributed by atoms with Gasteiger partial charge in [-0.15, -0.1) is 0 Å². The Bertz CT molecular complexity index is 2950. The smallest absolute Gasteiger partial charge is 0.164 e. The van der Waals surface area contributed by atoms with E-state index in [2.05, 4.69) is 152 Å². The minimum absolute atomic E-state index is 0.288. The van der Waals surface area contributed by atoms with E-state index in [1.54, 1.807) is 0 Å². The number of aromatic nitrogens is 7. The van der Waals surface area contributed by atoms with E-state index in [0.717, 1.165) is 72.9 Å². The van der Waals surface area contributed by atoms with Crippen LogP contribution in [0, 0.1) is 0 Å². The van der Waals surface area contributed by atoms with Crippen molar-refractivity contribution in [1.82, 2.24) is 34.1 Å². The number of hydrogen-bond acceptors (Lipinski definition) is 5. The number of nitrogens with zero attached hydrogens (tertiary/aromatic N) is 7. The van der Waals surface area contributed by atoms with Crippen molar-refractivity contribution in [3.63, 3.8) is 0 Å². The summed E-state index contributed by atoms with van der Waals surface area (Å²) in [5, 5.41) is 0. The van der Waals surface area contributed by atoms with Crippen LogP contribution < -0.4 is 0 Å². The average Bonchev–Trinajstić information content (AvgIpc) is 3.89. The highest BCUT2D eigenvalue weighted by Gasteiger charge is 2.24. The molecule has 7 heteroatoms. The van der Waals surface area contributed by atoms with Crippen molar-refractivity contribution >= 4 is 22.1 Å². The minimum Gasteiger partial charge on any atom is -0.292 e. The van der Waals surface area contributed by atoms with Crippen LogP contribution in [0.1, 0.15) is 50.7 Å². The Labute approximate surface area is 349 Å². The van der Waals surface area contributed by atoms with E-state index in [9.17, 15) is 0 Å². The van der Waals surface area contributed by atoms with Gasteiger partial charge in [-0.25, -0.2) is 24.9 Å². The molecule has 60 heavy (non-hydrogen) atoms. The van der Waals surface area contributed by atoms with E-state index in [1.807, 2.05) is 60.7 Å². The first-order valence-electron chi connectivity index (χ1n) is 20.6. The number of benzene rings is 7. The largest absolute Gasteiger partial charge is 0.292 e. The molecule has 0 fully saturated rings. The molecule has 3 aromatic heterocycles. The van der Waals surface area contributed by atoms with Gasteiger partial charge in [0.2, 0.25) is 0 Å². The summed E-state index contributed by atoms with van der Waals surface area (Å²) in [6.45, 7) is 8.97. The maximum absolute atomic E-state index is 5.40. The summed E-state index contributed by atoms with van der Waals surface area (Å²) in [5.74, 6) is 3.97. The lowest BCUT2D eigenvalue weighted by Crippen LogP contribution is -2.05. The fourth-order valence-corrected chi connectivity index (χ4v) is 8.24. The minimum atomic E-state index is 0.288. The van der Waals surface area contributed by atoms with Crippen LogP contribution in [0.25, 0.3) is 90.4 Å². The van der Waals surface area contributed by atoms with Crippen molar-refractivity contribution in [3.05, 3.63) is 187 Å². The third-order valence-corrected chi connectivity index (χ3v) is 11.1. The molecule has 0 aliphatic carbocycles. The Hall–Kier alpha value is -7.51. The Balaban J connectivity index is 1.30. The van der Waals surface area contributed by atoms with Gasteiger partial charge in [0.05, 0.1) is 33.4 Å². The van der Waals surface area contributed by atoms with Gasteiger partial charge in [0.25, 0.3) is 0 Å². The molecule has 0 aliphatic heterocycles. The fourth-order valence-electron chi connectivity index (χ4n) is 8.24. The van der Waals surface area contributed by atoms with Crippen LogP contribution in [0.3, 0.4) is 0 Å². The van der Waals surface area contributed by atoms with Gasteiger partial charge in [-0.2, -0.15) is 0 Å². The molecule has 0 N–H and O–H groups in total. The molecule has 0 bridgehead atoms. The second-order valence-electron chi connectivity index (χ2n) is 15.8. The molecule has 0 unspecified atom stereocenters. The predicted molar refractivity (Wildman–Crippen MR) is 244 cm³/mol. The third kappa shape index (κ3) is 6.64. The first kappa shape index (κ1) is 36.8. The molecule has 10 aromatic rings. The number of para-hydroxylation sites is 6. The zero-order chi connectivity index (χ0) is 40.7. The normalized spacial score (nSPS) is 11.6. The van der Waals surface area contributed by atoms with Gasteiger partial charge in [0.1, 0.15) is 11.6 Å². The van der Waals surface area contributed by atoms with E-state index in [-0.39, 0.29) is 11.8 Å². The second kappa shape index (κ2) is 15.3. The van der Waals surface area contributed by atoms with E-state index < -0.39 is 0 Å². The Morgan fingerprint density at radius 3 is 1.12 bits per heavy atom. The summed E-state index contributed by atoms with van der Waals surface area (Å²) in [6, 6.07) is 60.8. The van der Waals surface area contributed by atoms with Gasteiger partial charge in [-0.1, -0.05) is 149 Å². The van der Waals surface area contributed by atoms with Crippen LogP contribution in [0.15, 0.2) is 176 Å². The lowest BCUT2D eigenvalue weighted by Gasteiger charge is -2.19. The van der Waals surface area contributed by atoms with Crippen LogP contribution in [-0.4, -0.2) is 34.1 Å². The molecule has 10 rings (SSSR count). The highest BCUT2D eigenvalue weighted by Crippen LogP contribution is 2.39. The number of rotatable bonds is 9. The first-order valence-corrected chi connectivity index (χ1v) is 20.6. The second-order valence-corrected chi connectivity index (χ2v) is 15.8. The molecule has 0 saturated heterocycles. The van der Waals surface area contributed by atoms with E-state index in [4.69, 9.17) is 24.9 Å². The van der Waals surface area contributed by atoms with Crippen molar-refractivity contribution in [2.45, 2.75) is 39.5 Å². The molecular weight excluding hydrogens is 735 g/mol. The molecule has 7 nitrogen and oxygen atoms in total. The van der Waals surface area contributed by atoms with Crippen molar-refractivity contribution in [3.8, 4) is 68.3 Å². The van der Waals surface area contributed by atoms with Gasteiger partial charge in [0, 0.05) is 27.8 Å². The van der Waals surface area contributed by atoms with Gasteiger partial charge in [-0.05, 0) is 77.6 Å². The van der Waals surface area contributed by atoms with E-state index >= 15 is 0 Å². The molecule has 0 spiro atoms. The average molecular weight is 778 g/mol. The molecule has 290 valence electrons. The van der Waals surface area contributed by atoms with Gasteiger partial charge < -0.3 is 0 Å². The summed E-state index contributed by atoms with van der Waals surface area (Å²) >= 11 is 0. The standard InChI is InChI=1S/C53H43N7/c1-34(2)41-23-11-15-27-45(41)59-47-29-17-13-25-43(47)54-52(59)39-31-38(51-57-49(36-19-7-5-8-20-36)56-50(58-51)37-21-9-6-10-22-37)32-40(33-39)53-55-44-26-14-18-30-48(44)60(53)46-28-16-12-24-42(46)35(3)4/h5-35H,1-4H3. The maximum Gasteiger partial charge on any atom is 0.164 e. The summed E-state index contributed by atoms with van der Waals surface area (Å²) in [7, 11) is 0. The zero-order valence-electron chi connectivity index (χ0n) is 34.0. The Morgan fingerprint density at radius 1 is 0.333 bits per heavy atom. The van der Waals surface area contributed by atoms with Gasteiger partial charge in [0.15, 0.2) is 17.5 Å². The van der Waals surface area contributed by atoms with E-state index in [1.165, 1.54) is 11.1 Å². The lowest BCUT2D eigenvalue weighted by molar-refractivity contribution is 0.850. The van der Waals surface area contributed by atoms with Crippen molar-refractivity contribution < 1.29 is 0 Å².